The predicted octanol–water partition coefficient (Wildman–Crippen LogP) is 5.59. The quantitative estimate of drug-likeness (QED) is 0.238. The summed E-state index contributed by atoms with van der Waals surface area (Å²) in [7, 11) is -4.13. The second-order valence-corrected chi connectivity index (χ2v) is 12.6. The Bertz CT molecular complexity index is 1540. The molecule has 2 aliphatic carbocycles. The third-order valence-electron chi connectivity index (χ3n) is 7.82. The summed E-state index contributed by atoms with van der Waals surface area (Å²) in [5.41, 5.74) is 3.39. The third kappa shape index (κ3) is 4.80. The molecule has 0 unspecified atom stereocenters. The van der Waals surface area contributed by atoms with Gasteiger partial charge >= 0.3 is 10.0 Å². The van der Waals surface area contributed by atoms with Gasteiger partial charge in [-0.05, 0) is 62.1 Å². The number of terminal acetylenes is 1. The van der Waals surface area contributed by atoms with Gasteiger partial charge in [0.2, 0.25) is 6.41 Å². The van der Waals surface area contributed by atoms with Crippen LogP contribution in [0.15, 0.2) is 47.0 Å². The van der Waals surface area contributed by atoms with Crippen molar-refractivity contribution in [2.24, 2.45) is 5.92 Å². The van der Waals surface area contributed by atoms with Crippen molar-refractivity contribution in [1.29, 1.82) is 0 Å². The fraction of sp³-hybridized carbons (Fsp3) is 0.357. The standard InChI is InChI=1S/C28H25Cl2N3O5S/c1-2-39(35,36)33(16-34)20-10-8-19(9-11-20)32-14-18-12-21(32)13-25(18)37-15-22-27(31-38-28(22)17-6-7-17)26-23(29)4-3-5-24(26)30/h1,3-5,8-11,16-18,21,25H,6-7,12-15H2/t18-,21-,25+/m0/s1. The van der Waals surface area contributed by atoms with Gasteiger partial charge in [0.05, 0.1) is 28.4 Å². The number of rotatable bonds is 9. The van der Waals surface area contributed by atoms with Crippen molar-refractivity contribution >= 4 is 51.0 Å². The highest BCUT2D eigenvalue weighted by Gasteiger charge is 2.46. The monoisotopic (exact) mass is 585 g/mol. The van der Waals surface area contributed by atoms with E-state index in [9.17, 15) is 13.2 Å². The van der Waals surface area contributed by atoms with E-state index in [2.05, 4.69) is 10.1 Å². The molecule has 0 radical (unpaired) electrons. The van der Waals surface area contributed by atoms with E-state index in [1.807, 2.05) is 12.1 Å². The number of sulfonamides is 1. The van der Waals surface area contributed by atoms with E-state index in [-0.39, 0.29) is 18.2 Å². The molecule has 2 heterocycles. The summed E-state index contributed by atoms with van der Waals surface area (Å²) in [4.78, 5) is 13.6. The number of piperidine rings is 1. The van der Waals surface area contributed by atoms with Crippen molar-refractivity contribution < 1.29 is 22.5 Å². The number of halogens is 2. The first kappa shape index (κ1) is 26.2. The van der Waals surface area contributed by atoms with E-state index in [1.165, 1.54) is 0 Å². The van der Waals surface area contributed by atoms with Crippen LogP contribution in [0.5, 0.6) is 0 Å². The second kappa shape index (κ2) is 10.2. The lowest BCUT2D eigenvalue weighted by molar-refractivity contribution is -0.106. The molecule has 2 saturated carbocycles. The Morgan fingerprint density at radius 3 is 2.46 bits per heavy atom. The number of nitrogens with zero attached hydrogens (tertiary/aromatic N) is 3. The maximum atomic E-state index is 12.0. The molecule has 3 atom stereocenters. The van der Waals surface area contributed by atoms with E-state index in [1.54, 1.807) is 35.6 Å². The number of amides is 1. The van der Waals surface area contributed by atoms with E-state index in [4.69, 9.17) is 38.9 Å². The molecule has 1 aliphatic heterocycles. The van der Waals surface area contributed by atoms with Crippen LogP contribution in [0.2, 0.25) is 10.0 Å². The van der Waals surface area contributed by atoms with Crippen LogP contribution in [-0.4, -0.2) is 38.7 Å². The minimum absolute atomic E-state index is 0.0911. The van der Waals surface area contributed by atoms with Crippen molar-refractivity contribution in [2.45, 2.75) is 50.4 Å². The molecule has 0 N–H and O–H groups in total. The highest BCUT2D eigenvalue weighted by atomic mass is 35.5. The molecule has 0 spiro atoms. The SMILES string of the molecule is C#CS(=O)(=O)N(C=O)c1ccc(N2C[C@@H]3C[C@H]2C[C@H]3OCc2c(-c3c(Cl)cccc3Cl)noc2C2CC2)cc1. The summed E-state index contributed by atoms with van der Waals surface area (Å²) < 4.78 is 36.8. The molecule has 3 fully saturated rings. The van der Waals surface area contributed by atoms with Crippen LogP contribution in [0, 0.1) is 17.6 Å². The highest BCUT2D eigenvalue weighted by Crippen LogP contribution is 2.47. The average molecular weight is 586 g/mol. The molecule has 202 valence electrons. The van der Waals surface area contributed by atoms with Crippen molar-refractivity contribution in [3.8, 4) is 22.9 Å². The van der Waals surface area contributed by atoms with Gasteiger partial charge in [0.1, 0.15) is 11.5 Å². The zero-order chi connectivity index (χ0) is 27.3. The van der Waals surface area contributed by atoms with Gasteiger partial charge in [0.25, 0.3) is 0 Å². The lowest BCUT2D eigenvalue weighted by Gasteiger charge is -2.33. The van der Waals surface area contributed by atoms with Gasteiger partial charge in [-0.1, -0.05) is 34.4 Å². The van der Waals surface area contributed by atoms with Crippen LogP contribution in [0.25, 0.3) is 11.3 Å². The molecule has 39 heavy (non-hydrogen) atoms. The first-order valence-corrected chi connectivity index (χ1v) is 14.9. The molecule has 1 amide bonds. The molecule has 2 aromatic carbocycles. The lowest BCUT2D eigenvalue weighted by Crippen LogP contribution is -2.38. The second-order valence-electron chi connectivity index (χ2n) is 10.2. The summed E-state index contributed by atoms with van der Waals surface area (Å²) in [6, 6.07) is 12.5. The first-order valence-electron chi connectivity index (χ1n) is 12.7. The van der Waals surface area contributed by atoms with E-state index in [0.29, 0.717) is 50.1 Å². The smallest absolute Gasteiger partial charge is 0.310 e. The first-order chi connectivity index (χ1) is 18.8. The molecule has 1 aromatic heterocycles. The van der Waals surface area contributed by atoms with E-state index < -0.39 is 10.0 Å². The Hall–Kier alpha value is -3.03. The fourth-order valence-corrected chi connectivity index (χ4v) is 6.97. The van der Waals surface area contributed by atoms with Crippen LogP contribution in [0.4, 0.5) is 11.4 Å². The van der Waals surface area contributed by atoms with Gasteiger partial charge in [-0.2, -0.15) is 12.7 Å². The molecule has 2 bridgehead atoms. The predicted molar refractivity (Wildman–Crippen MR) is 149 cm³/mol. The number of hydrogen-bond acceptors (Lipinski definition) is 7. The topological polar surface area (TPSA) is 93.0 Å². The van der Waals surface area contributed by atoms with Gasteiger partial charge in [-0.25, -0.2) is 0 Å². The number of benzene rings is 2. The summed E-state index contributed by atoms with van der Waals surface area (Å²) >= 11 is 13.0. The van der Waals surface area contributed by atoms with Crippen molar-refractivity contribution in [3.63, 3.8) is 0 Å². The summed E-state index contributed by atoms with van der Waals surface area (Å²) in [6.45, 7) is 1.19. The Morgan fingerprint density at radius 1 is 1.15 bits per heavy atom. The summed E-state index contributed by atoms with van der Waals surface area (Å²) in [5, 5.41) is 7.06. The number of ether oxygens (including phenoxy) is 1. The average Bonchev–Trinajstić information content (AvgIpc) is 3.38. The fourth-order valence-electron chi connectivity index (χ4n) is 5.77. The molecule has 6 rings (SSSR count). The Labute approximate surface area is 236 Å². The number of fused-ring (bicyclic) bond motifs is 2. The largest absolute Gasteiger partial charge is 0.373 e. The van der Waals surface area contributed by atoms with Gasteiger partial charge in [-0.3, -0.25) is 4.79 Å². The maximum absolute atomic E-state index is 12.0. The Kier molecular flexibility index (Phi) is 6.84. The number of aromatic nitrogens is 1. The van der Waals surface area contributed by atoms with Gasteiger partial charge < -0.3 is 14.2 Å². The normalized spacial score (nSPS) is 22.2. The molecular formula is C28H25Cl2N3O5S. The number of hydrogen-bond donors (Lipinski definition) is 0. The Balaban J connectivity index is 1.15. The number of carbonyl (C=O) groups is 1. The van der Waals surface area contributed by atoms with Gasteiger partial charge in [0, 0.05) is 46.5 Å². The minimum Gasteiger partial charge on any atom is -0.373 e. The van der Waals surface area contributed by atoms with Crippen LogP contribution >= 0.6 is 23.2 Å². The molecule has 11 heteroatoms. The zero-order valence-corrected chi connectivity index (χ0v) is 23.1. The van der Waals surface area contributed by atoms with Crippen molar-refractivity contribution in [1.82, 2.24) is 5.16 Å². The minimum atomic E-state index is -4.13. The molecular weight excluding hydrogens is 561 g/mol. The van der Waals surface area contributed by atoms with Crippen LogP contribution in [-0.2, 0) is 26.2 Å². The molecule has 1 saturated heterocycles. The van der Waals surface area contributed by atoms with Gasteiger partial charge in [0.15, 0.2) is 0 Å². The van der Waals surface area contributed by atoms with Crippen molar-refractivity contribution in [2.75, 3.05) is 15.7 Å². The van der Waals surface area contributed by atoms with Gasteiger partial charge in [-0.15, -0.1) is 6.42 Å². The highest BCUT2D eigenvalue weighted by molar-refractivity contribution is 7.98. The van der Waals surface area contributed by atoms with Crippen LogP contribution in [0.3, 0.4) is 0 Å². The van der Waals surface area contributed by atoms with Crippen LogP contribution in [0.1, 0.15) is 42.9 Å². The summed E-state index contributed by atoms with van der Waals surface area (Å²) in [5.74, 6) is 1.57. The number of anilines is 2. The molecule has 3 aliphatic rings. The third-order valence-corrected chi connectivity index (χ3v) is 9.57. The maximum Gasteiger partial charge on any atom is 0.310 e. The van der Waals surface area contributed by atoms with E-state index >= 15 is 0 Å². The number of carbonyl (C=O) groups excluding carboxylic acids is 1. The molecule has 8 nitrogen and oxygen atoms in total. The van der Waals surface area contributed by atoms with Crippen LogP contribution < -0.4 is 9.21 Å². The lowest BCUT2D eigenvalue weighted by atomic mass is 10.0. The Morgan fingerprint density at radius 2 is 1.87 bits per heavy atom. The van der Waals surface area contributed by atoms with Crippen molar-refractivity contribution in [3.05, 3.63) is 63.8 Å². The zero-order valence-electron chi connectivity index (χ0n) is 20.8. The summed E-state index contributed by atoms with van der Waals surface area (Å²) in [6.07, 6.45) is 9.36. The molecule has 3 aromatic rings. The van der Waals surface area contributed by atoms with E-state index in [0.717, 1.165) is 49.2 Å².